The van der Waals surface area contributed by atoms with Crippen molar-refractivity contribution in [2.24, 2.45) is 5.73 Å². The maximum Gasteiger partial charge on any atom is 0.241 e. The lowest BCUT2D eigenvalue weighted by Crippen LogP contribution is -2.42. The van der Waals surface area contributed by atoms with E-state index in [4.69, 9.17) is 5.73 Å². The molecule has 0 saturated carbocycles. The van der Waals surface area contributed by atoms with E-state index in [9.17, 15) is 9.59 Å². The fraction of sp³-hybridized carbons (Fsp3) is 0.750. The Morgan fingerprint density at radius 3 is 2.08 bits per heavy atom. The van der Waals surface area contributed by atoms with Gasteiger partial charge >= 0.3 is 0 Å². The molecule has 0 aromatic carbocycles. The summed E-state index contributed by atoms with van der Waals surface area (Å²) in [5.74, 6) is -0.290. The van der Waals surface area contributed by atoms with Crippen LogP contribution in [0.1, 0.15) is 6.92 Å². The molecule has 0 aliphatic heterocycles. The van der Waals surface area contributed by atoms with Gasteiger partial charge in [-0.2, -0.15) is 0 Å². The Morgan fingerprint density at radius 2 is 1.77 bits per heavy atom. The summed E-state index contributed by atoms with van der Waals surface area (Å²) in [5, 5.41) is 0. The minimum atomic E-state index is -0.197. The van der Waals surface area contributed by atoms with Crippen molar-refractivity contribution in [3.05, 3.63) is 0 Å². The molecule has 0 aliphatic rings. The zero-order valence-electron chi connectivity index (χ0n) is 8.41. The predicted octanol–water partition coefficient (Wildman–Crippen LogP) is -1.12. The third kappa shape index (κ3) is 3.89. The monoisotopic (exact) mass is 187 g/mol. The van der Waals surface area contributed by atoms with Crippen LogP contribution in [0.25, 0.3) is 0 Å². The van der Waals surface area contributed by atoms with Gasteiger partial charge in [-0.15, -0.1) is 0 Å². The van der Waals surface area contributed by atoms with Gasteiger partial charge in [-0.05, 0) is 6.92 Å². The molecule has 2 amide bonds. The zero-order valence-corrected chi connectivity index (χ0v) is 8.41. The van der Waals surface area contributed by atoms with E-state index in [1.165, 1.54) is 9.80 Å². The number of carbonyl (C=O) groups excluding carboxylic acids is 2. The summed E-state index contributed by atoms with van der Waals surface area (Å²) in [6, 6.07) is 0. The van der Waals surface area contributed by atoms with Gasteiger partial charge < -0.3 is 15.5 Å². The van der Waals surface area contributed by atoms with Crippen LogP contribution in [0.5, 0.6) is 0 Å². The van der Waals surface area contributed by atoms with Crippen molar-refractivity contribution in [3.8, 4) is 0 Å². The fourth-order valence-electron chi connectivity index (χ4n) is 0.810. The summed E-state index contributed by atoms with van der Waals surface area (Å²) in [4.78, 5) is 25.2. The molecule has 0 atom stereocenters. The molecule has 13 heavy (non-hydrogen) atoms. The number of hydrogen-bond donors (Lipinski definition) is 1. The molecule has 0 spiro atoms. The van der Waals surface area contributed by atoms with Gasteiger partial charge in [0.25, 0.3) is 0 Å². The number of rotatable bonds is 4. The summed E-state index contributed by atoms with van der Waals surface area (Å²) >= 11 is 0. The highest BCUT2D eigenvalue weighted by molar-refractivity contribution is 5.85. The number of amides is 2. The van der Waals surface area contributed by atoms with Crippen molar-refractivity contribution in [2.45, 2.75) is 6.92 Å². The molecule has 5 heteroatoms. The van der Waals surface area contributed by atoms with Gasteiger partial charge in [-0.3, -0.25) is 9.59 Å². The first-order valence-electron chi connectivity index (χ1n) is 4.20. The van der Waals surface area contributed by atoms with Gasteiger partial charge in [0.15, 0.2) is 0 Å². The first kappa shape index (κ1) is 11.9. The lowest BCUT2D eigenvalue weighted by atomic mass is 10.4. The summed E-state index contributed by atoms with van der Waals surface area (Å²) in [5.41, 5.74) is 5.18. The molecule has 0 saturated heterocycles. The van der Waals surface area contributed by atoms with E-state index < -0.39 is 0 Å². The van der Waals surface area contributed by atoms with E-state index in [-0.39, 0.29) is 24.9 Å². The summed E-state index contributed by atoms with van der Waals surface area (Å²) in [7, 11) is 3.31. The summed E-state index contributed by atoms with van der Waals surface area (Å²) in [6.07, 6.45) is 0. The zero-order chi connectivity index (χ0) is 10.4. The Morgan fingerprint density at radius 1 is 1.23 bits per heavy atom. The van der Waals surface area contributed by atoms with Crippen molar-refractivity contribution < 1.29 is 9.59 Å². The Bertz CT molecular complexity index is 192. The van der Waals surface area contributed by atoms with Gasteiger partial charge in [0.05, 0.1) is 13.1 Å². The fourth-order valence-corrected chi connectivity index (χ4v) is 0.810. The minimum Gasteiger partial charge on any atom is -0.347 e. The third-order valence-electron chi connectivity index (χ3n) is 1.73. The SMILES string of the molecule is CCN(CC(=O)N(C)C)C(=O)CN. The van der Waals surface area contributed by atoms with E-state index in [1.807, 2.05) is 6.92 Å². The highest BCUT2D eigenvalue weighted by atomic mass is 16.2. The van der Waals surface area contributed by atoms with Gasteiger partial charge in [0, 0.05) is 20.6 Å². The van der Waals surface area contributed by atoms with Crippen molar-refractivity contribution in [3.63, 3.8) is 0 Å². The topological polar surface area (TPSA) is 66.6 Å². The molecule has 0 bridgehead atoms. The molecular weight excluding hydrogens is 170 g/mol. The van der Waals surface area contributed by atoms with Crippen LogP contribution in [0.3, 0.4) is 0 Å². The lowest BCUT2D eigenvalue weighted by Gasteiger charge is -2.21. The van der Waals surface area contributed by atoms with Crippen molar-refractivity contribution in [1.82, 2.24) is 9.80 Å². The van der Waals surface area contributed by atoms with E-state index in [1.54, 1.807) is 14.1 Å². The van der Waals surface area contributed by atoms with Crippen LogP contribution in [0, 0.1) is 0 Å². The average molecular weight is 187 g/mol. The van der Waals surface area contributed by atoms with Crippen molar-refractivity contribution >= 4 is 11.8 Å². The maximum atomic E-state index is 11.2. The van der Waals surface area contributed by atoms with E-state index in [0.717, 1.165) is 0 Å². The number of hydrogen-bond acceptors (Lipinski definition) is 3. The summed E-state index contributed by atoms with van der Waals surface area (Å²) < 4.78 is 0. The first-order valence-corrected chi connectivity index (χ1v) is 4.20. The van der Waals surface area contributed by atoms with E-state index >= 15 is 0 Å². The normalized spacial score (nSPS) is 9.54. The second-order valence-corrected chi connectivity index (χ2v) is 2.90. The molecule has 0 fully saturated rings. The minimum absolute atomic E-state index is 0.0471. The highest BCUT2D eigenvalue weighted by Gasteiger charge is 2.14. The molecule has 0 aliphatic carbocycles. The molecule has 0 radical (unpaired) electrons. The van der Waals surface area contributed by atoms with Crippen molar-refractivity contribution in [1.29, 1.82) is 0 Å². The number of likely N-dealkylation sites (N-methyl/N-ethyl adjacent to an activating group) is 2. The molecule has 5 nitrogen and oxygen atoms in total. The molecule has 0 aromatic rings. The molecular formula is C8H17N3O2. The summed E-state index contributed by atoms with van der Waals surface area (Å²) in [6.45, 7) is 2.39. The number of carbonyl (C=O) groups is 2. The molecule has 0 unspecified atom stereocenters. The Hall–Kier alpha value is -1.10. The van der Waals surface area contributed by atoms with Crippen LogP contribution >= 0.6 is 0 Å². The van der Waals surface area contributed by atoms with Crippen LogP contribution in [0.4, 0.5) is 0 Å². The van der Waals surface area contributed by atoms with Gasteiger partial charge in [0.1, 0.15) is 0 Å². The van der Waals surface area contributed by atoms with E-state index in [2.05, 4.69) is 0 Å². The Balaban J connectivity index is 4.13. The number of nitrogens with two attached hydrogens (primary N) is 1. The third-order valence-corrected chi connectivity index (χ3v) is 1.73. The smallest absolute Gasteiger partial charge is 0.241 e. The van der Waals surface area contributed by atoms with Crippen LogP contribution in [-0.4, -0.2) is 55.3 Å². The molecule has 76 valence electrons. The average Bonchev–Trinajstić information content (AvgIpc) is 2.12. The Labute approximate surface area is 78.5 Å². The van der Waals surface area contributed by atoms with E-state index in [0.29, 0.717) is 6.54 Å². The molecule has 0 heterocycles. The van der Waals surface area contributed by atoms with Crippen LogP contribution in [0.2, 0.25) is 0 Å². The van der Waals surface area contributed by atoms with Crippen LogP contribution < -0.4 is 5.73 Å². The highest BCUT2D eigenvalue weighted by Crippen LogP contribution is 1.90. The van der Waals surface area contributed by atoms with Gasteiger partial charge in [0.2, 0.25) is 11.8 Å². The quantitative estimate of drug-likeness (QED) is 0.606. The second-order valence-electron chi connectivity index (χ2n) is 2.90. The molecule has 0 rings (SSSR count). The largest absolute Gasteiger partial charge is 0.347 e. The second kappa shape index (κ2) is 5.53. The Kier molecular flexibility index (Phi) is 5.06. The molecule has 0 aromatic heterocycles. The number of nitrogens with zero attached hydrogens (tertiary/aromatic N) is 2. The van der Waals surface area contributed by atoms with Gasteiger partial charge in [-0.25, -0.2) is 0 Å². The van der Waals surface area contributed by atoms with Gasteiger partial charge in [-0.1, -0.05) is 0 Å². The maximum absolute atomic E-state index is 11.2. The molecule has 2 N–H and O–H groups in total. The predicted molar refractivity (Wildman–Crippen MR) is 50.0 cm³/mol. The van der Waals surface area contributed by atoms with Crippen molar-refractivity contribution in [2.75, 3.05) is 33.7 Å². The van der Waals surface area contributed by atoms with Crippen LogP contribution in [-0.2, 0) is 9.59 Å². The standard InChI is InChI=1S/C8H17N3O2/c1-4-11(7(12)5-9)6-8(13)10(2)3/h4-6,9H2,1-3H3. The lowest BCUT2D eigenvalue weighted by molar-refractivity contribution is -0.138. The first-order chi connectivity index (χ1) is 6.02. The van der Waals surface area contributed by atoms with Crippen LogP contribution in [0.15, 0.2) is 0 Å².